The molecular weight excluding hydrogens is 355 g/mol. The summed E-state index contributed by atoms with van der Waals surface area (Å²) < 4.78 is 37.6. The molecular formula is C15H16ClFN4O2S. The van der Waals surface area contributed by atoms with Crippen molar-refractivity contribution in [2.75, 3.05) is 16.9 Å². The van der Waals surface area contributed by atoms with Crippen LogP contribution in [0, 0.1) is 12.7 Å². The normalized spacial score (nSPS) is 19.9. The van der Waals surface area contributed by atoms with Crippen LogP contribution in [0.2, 0.25) is 5.15 Å². The van der Waals surface area contributed by atoms with E-state index >= 15 is 0 Å². The Morgan fingerprint density at radius 3 is 2.75 bits per heavy atom. The third kappa shape index (κ3) is 3.59. The van der Waals surface area contributed by atoms with E-state index in [1.54, 1.807) is 23.7 Å². The predicted octanol–water partition coefficient (Wildman–Crippen LogP) is 2.79. The van der Waals surface area contributed by atoms with Gasteiger partial charge in [-0.05, 0) is 37.6 Å². The van der Waals surface area contributed by atoms with E-state index in [-0.39, 0.29) is 23.4 Å². The van der Waals surface area contributed by atoms with Gasteiger partial charge in [0.15, 0.2) is 9.84 Å². The third-order valence-electron chi connectivity index (χ3n) is 3.86. The summed E-state index contributed by atoms with van der Waals surface area (Å²) in [4.78, 5) is 0. The first kappa shape index (κ1) is 16.9. The fraction of sp³-hybridized carbons (Fsp3) is 0.333. The molecule has 1 aromatic heterocycles. The molecule has 0 unspecified atom stereocenters. The minimum atomic E-state index is -3.02. The first-order valence-electron chi connectivity index (χ1n) is 7.35. The molecule has 3 rings (SSSR count). The molecule has 1 saturated heterocycles. The van der Waals surface area contributed by atoms with Crippen LogP contribution in [0.25, 0.3) is 0 Å². The van der Waals surface area contributed by atoms with Gasteiger partial charge in [0.1, 0.15) is 11.0 Å². The fourth-order valence-corrected chi connectivity index (χ4v) is 4.64. The number of hydrogen-bond acceptors (Lipinski definition) is 5. The van der Waals surface area contributed by atoms with Gasteiger partial charge >= 0.3 is 0 Å². The minimum Gasteiger partial charge on any atom is -0.278 e. The van der Waals surface area contributed by atoms with Gasteiger partial charge in [-0.3, -0.25) is 5.43 Å². The van der Waals surface area contributed by atoms with Crippen LogP contribution >= 0.6 is 11.6 Å². The van der Waals surface area contributed by atoms with E-state index in [0.29, 0.717) is 28.5 Å². The summed E-state index contributed by atoms with van der Waals surface area (Å²) in [5, 5.41) is 8.79. The van der Waals surface area contributed by atoms with Crippen molar-refractivity contribution in [3.8, 4) is 0 Å². The average molecular weight is 371 g/mol. The number of aromatic nitrogens is 2. The Hall–Kier alpha value is -1.93. The number of nitrogens with zero attached hydrogens (tertiary/aromatic N) is 3. The molecule has 6 nitrogen and oxygen atoms in total. The third-order valence-corrected chi connectivity index (χ3v) is 5.98. The van der Waals surface area contributed by atoms with E-state index in [2.05, 4.69) is 15.6 Å². The van der Waals surface area contributed by atoms with Crippen molar-refractivity contribution in [2.45, 2.75) is 19.4 Å². The van der Waals surface area contributed by atoms with Crippen LogP contribution in [0.5, 0.6) is 0 Å². The van der Waals surface area contributed by atoms with Crippen LogP contribution < -0.4 is 5.43 Å². The highest BCUT2D eigenvalue weighted by molar-refractivity contribution is 7.91. The monoisotopic (exact) mass is 370 g/mol. The van der Waals surface area contributed by atoms with Crippen molar-refractivity contribution in [1.82, 2.24) is 9.78 Å². The number of halogens is 2. The van der Waals surface area contributed by atoms with Crippen LogP contribution in [0.1, 0.15) is 23.7 Å². The van der Waals surface area contributed by atoms with Gasteiger partial charge < -0.3 is 0 Å². The lowest BCUT2D eigenvalue weighted by atomic mass is 10.2. The SMILES string of the molecule is Cc1nn([C@H]2CCS(=O)(=O)C2)c(Cl)c1/C=N\Nc1ccc(F)cc1. The van der Waals surface area contributed by atoms with E-state index in [1.165, 1.54) is 18.3 Å². The molecule has 0 saturated carbocycles. The standard InChI is InChI=1S/C15H16ClFN4O2S/c1-10-14(8-18-19-12-4-2-11(17)3-5-12)15(16)21(20-10)13-6-7-24(22,23)9-13/h2-5,8,13,19H,6-7,9H2,1H3/b18-8-/t13-/m0/s1. The van der Waals surface area contributed by atoms with Gasteiger partial charge in [0, 0.05) is 0 Å². The van der Waals surface area contributed by atoms with E-state index in [0.717, 1.165) is 0 Å². The maximum Gasteiger partial charge on any atom is 0.152 e. The number of rotatable bonds is 4. The first-order chi connectivity index (χ1) is 11.4. The number of aryl methyl sites for hydroxylation is 1. The molecule has 1 aliphatic rings. The Morgan fingerprint density at radius 2 is 2.12 bits per heavy atom. The highest BCUT2D eigenvalue weighted by Crippen LogP contribution is 2.29. The van der Waals surface area contributed by atoms with Crippen LogP contribution in [-0.2, 0) is 9.84 Å². The lowest BCUT2D eigenvalue weighted by Gasteiger charge is -2.09. The maximum atomic E-state index is 12.8. The number of nitrogens with one attached hydrogen (secondary N) is 1. The minimum absolute atomic E-state index is 0.0538. The summed E-state index contributed by atoms with van der Waals surface area (Å²) in [6.45, 7) is 1.78. The molecule has 2 heterocycles. The fourth-order valence-electron chi connectivity index (χ4n) is 2.58. The summed E-state index contributed by atoms with van der Waals surface area (Å²) >= 11 is 6.34. The zero-order valence-electron chi connectivity index (χ0n) is 12.9. The molecule has 1 aromatic carbocycles. The van der Waals surface area contributed by atoms with E-state index in [1.807, 2.05) is 0 Å². The maximum absolute atomic E-state index is 12.8. The molecule has 1 aliphatic heterocycles. The van der Waals surface area contributed by atoms with Crippen molar-refractivity contribution < 1.29 is 12.8 Å². The summed E-state index contributed by atoms with van der Waals surface area (Å²) in [6, 6.07) is 5.54. The molecule has 1 N–H and O–H groups in total. The Labute approximate surface area is 144 Å². The second-order valence-corrected chi connectivity index (χ2v) is 8.25. The quantitative estimate of drug-likeness (QED) is 0.663. The molecule has 0 bridgehead atoms. The molecule has 1 atom stereocenters. The van der Waals surface area contributed by atoms with Crippen LogP contribution in [0.4, 0.5) is 10.1 Å². The van der Waals surface area contributed by atoms with Gasteiger partial charge in [-0.2, -0.15) is 10.2 Å². The molecule has 0 amide bonds. The van der Waals surface area contributed by atoms with Gasteiger partial charge in [-0.25, -0.2) is 17.5 Å². The Balaban J connectivity index is 1.77. The Bertz CT molecular complexity index is 878. The summed E-state index contributed by atoms with van der Waals surface area (Å²) in [6.07, 6.45) is 2.03. The molecule has 0 radical (unpaired) electrons. The summed E-state index contributed by atoms with van der Waals surface area (Å²) in [7, 11) is -3.02. The van der Waals surface area contributed by atoms with Gasteiger partial charge in [-0.1, -0.05) is 11.6 Å². The van der Waals surface area contributed by atoms with Gasteiger partial charge in [-0.15, -0.1) is 0 Å². The van der Waals surface area contributed by atoms with Crippen LogP contribution in [0.3, 0.4) is 0 Å². The molecule has 2 aromatic rings. The summed E-state index contributed by atoms with van der Waals surface area (Å²) in [5.41, 5.74) is 4.69. The largest absolute Gasteiger partial charge is 0.278 e. The molecule has 128 valence electrons. The smallest absolute Gasteiger partial charge is 0.152 e. The van der Waals surface area contributed by atoms with Gasteiger partial charge in [0.05, 0.1) is 40.7 Å². The van der Waals surface area contributed by atoms with E-state index < -0.39 is 9.84 Å². The van der Waals surface area contributed by atoms with E-state index in [4.69, 9.17) is 11.6 Å². The Morgan fingerprint density at radius 1 is 1.42 bits per heavy atom. The van der Waals surface area contributed by atoms with Crippen molar-refractivity contribution in [3.05, 3.63) is 46.5 Å². The number of sulfone groups is 1. The highest BCUT2D eigenvalue weighted by Gasteiger charge is 2.31. The molecule has 9 heteroatoms. The number of anilines is 1. The molecule has 0 aliphatic carbocycles. The van der Waals surface area contributed by atoms with Gasteiger partial charge in [0.2, 0.25) is 0 Å². The predicted molar refractivity (Wildman–Crippen MR) is 91.9 cm³/mol. The Kier molecular flexibility index (Phi) is 4.60. The summed E-state index contributed by atoms with van der Waals surface area (Å²) in [5.74, 6) is -0.114. The van der Waals surface area contributed by atoms with Crippen molar-refractivity contribution in [1.29, 1.82) is 0 Å². The van der Waals surface area contributed by atoms with Crippen molar-refractivity contribution in [3.63, 3.8) is 0 Å². The first-order valence-corrected chi connectivity index (χ1v) is 9.55. The highest BCUT2D eigenvalue weighted by atomic mass is 35.5. The molecule has 24 heavy (non-hydrogen) atoms. The second kappa shape index (κ2) is 6.52. The van der Waals surface area contributed by atoms with Crippen molar-refractivity contribution >= 4 is 33.3 Å². The number of hydrazone groups is 1. The molecule has 0 spiro atoms. The lowest BCUT2D eigenvalue weighted by Crippen LogP contribution is -2.12. The molecule has 1 fully saturated rings. The van der Waals surface area contributed by atoms with Crippen LogP contribution in [0.15, 0.2) is 29.4 Å². The lowest BCUT2D eigenvalue weighted by molar-refractivity contribution is 0.497. The topological polar surface area (TPSA) is 76.3 Å². The van der Waals surface area contributed by atoms with E-state index in [9.17, 15) is 12.8 Å². The van der Waals surface area contributed by atoms with Crippen LogP contribution in [-0.4, -0.2) is 35.9 Å². The number of benzene rings is 1. The average Bonchev–Trinajstić information content (AvgIpc) is 3.02. The second-order valence-electron chi connectivity index (χ2n) is 5.67. The van der Waals surface area contributed by atoms with Gasteiger partial charge in [0.25, 0.3) is 0 Å². The zero-order chi connectivity index (χ0) is 17.3. The zero-order valence-corrected chi connectivity index (χ0v) is 14.5. The number of hydrogen-bond donors (Lipinski definition) is 1. The van der Waals surface area contributed by atoms with Crippen molar-refractivity contribution in [2.24, 2.45) is 5.10 Å².